The van der Waals surface area contributed by atoms with E-state index in [9.17, 15) is 9.90 Å². The molecule has 126 valence electrons. The van der Waals surface area contributed by atoms with Crippen LogP contribution in [0.5, 0.6) is 0 Å². The molecule has 3 aliphatic rings. The molecule has 2 aromatic rings. The van der Waals surface area contributed by atoms with Gasteiger partial charge in [-0.2, -0.15) is 0 Å². The third-order valence-corrected chi connectivity index (χ3v) is 6.58. The van der Waals surface area contributed by atoms with Crippen LogP contribution in [-0.4, -0.2) is 35.6 Å². The predicted octanol–water partition coefficient (Wildman–Crippen LogP) is 3.48. The number of thiophene rings is 1. The quantitative estimate of drug-likeness (QED) is 0.873. The molecule has 5 heteroatoms. The zero-order valence-electron chi connectivity index (χ0n) is 13.5. The lowest BCUT2D eigenvalue weighted by Crippen LogP contribution is -2.60. The number of aliphatic carboxylic acids is 1. The SMILES string of the molecule is O=C(O)[C@@](Nc1ccccc1)(c1cccs1)C1CN2CCC1CC2. The van der Waals surface area contributed by atoms with Crippen molar-refractivity contribution < 1.29 is 9.90 Å². The molecule has 0 spiro atoms. The summed E-state index contributed by atoms with van der Waals surface area (Å²) in [6.45, 7) is 3.06. The molecule has 5 rings (SSSR count). The minimum Gasteiger partial charge on any atom is -0.479 e. The van der Waals surface area contributed by atoms with E-state index in [1.54, 1.807) is 0 Å². The Morgan fingerprint density at radius 3 is 2.46 bits per heavy atom. The van der Waals surface area contributed by atoms with Gasteiger partial charge in [0.2, 0.25) is 0 Å². The van der Waals surface area contributed by atoms with Crippen molar-refractivity contribution >= 4 is 23.0 Å². The van der Waals surface area contributed by atoms with E-state index >= 15 is 0 Å². The number of fused-ring (bicyclic) bond motifs is 3. The normalized spacial score (nSPS) is 28.2. The van der Waals surface area contributed by atoms with Crippen molar-refractivity contribution in [1.29, 1.82) is 0 Å². The lowest BCUT2D eigenvalue weighted by atomic mass is 9.67. The topological polar surface area (TPSA) is 52.6 Å². The molecule has 24 heavy (non-hydrogen) atoms. The van der Waals surface area contributed by atoms with Crippen LogP contribution >= 0.6 is 11.3 Å². The fourth-order valence-electron chi connectivity index (χ4n) is 4.36. The van der Waals surface area contributed by atoms with Crippen LogP contribution in [0.4, 0.5) is 5.69 Å². The van der Waals surface area contributed by atoms with Crippen LogP contribution in [0.25, 0.3) is 0 Å². The second-order valence-electron chi connectivity index (χ2n) is 6.83. The van der Waals surface area contributed by atoms with E-state index < -0.39 is 11.5 Å². The Balaban J connectivity index is 1.80. The van der Waals surface area contributed by atoms with Gasteiger partial charge in [-0.15, -0.1) is 11.3 Å². The average Bonchev–Trinajstić information content (AvgIpc) is 3.16. The fourth-order valence-corrected chi connectivity index (χ4v) is 5.30. The lowest BCUT2D eigenvalue weighted by molar-refractivity contribution is -0.148. The Labute approximate surface area is 146 Å². The van der Waals surface area contributed by atoms with Gasteiger partial charge in [-0.25, -0.2) is 4.79 Å². The first-order valence-corrected chi connectivity index (χ1v) is 9.41. The number of carboxylic acids is 1. The van der Waals surface area contributed by atoms with Crippen molar-refractivity contribution in [1.82, 2.24) is 4.90 Å². The van der Waals surface area contributed by atoms with Crippen molar-refractivity contribution in [3.8, 4) is 0 Å². The average molecular weight is 342 g/mol. The maximum Gasteiger partial charge on any atom is 0.335 e. The second-order valence-corrected chi connectivity index (χ2v) is 7.77. The molecule has 2 N–H and O–H groups in total. The summed E-state index contributed by atoms with van der Waals surface area (Å²) in [5.74, 6) is -0.228. The Kier molecular flexibility index (Phi) is 4.06. The number of piperidine rings is 3. The van der Waals surface area contributed by atoms with Crippen molar-refractivity contribution in [3.05, 3.63) is 52.7 Å². The van der Waals surface area contributed by atoms with Gasteiger partial charge in [-0.1, -0.05) is 24.3 Å². The first-order valence-electron chi connectivity index (χ1n) is 8.53. The van der Waals surface area contributed by atoms with Gasteiger partial charge in [0, 0.05) is 23.0 Å². The van der Waals surface area contributed by atoms with Crippen LogP contribution in [-0.2, 0) is 10.3 Å². The summed E-state index contributed by atoms with van der Waals surface area (Å²) in [6.07, 6.45) is 2.20. The van der Waals surface area contributed by atoms with Crippen LogP contribution in [0.2, 0.25) is 0 Å². The third kappa shape index (κ3) is 2.52. The second kappa shape index (κ2) is 6.22. The standard InChI is InChI=1S/C19H22N2O2S/c22-18(23)19(17-7-4-12-24-17,20-15-5-2-1-3-6-15)16-13-21-10-8-14(16)9-11-21/h1-7,12,14,16,20H,8-11,13H2,(H,22,23)/t16?,19-/m0/s1. The molecule has 0 saturated carbocycles. The number of carboxylic acid groups (broad SMARTS) is 1. The van der Waals surface area contributed by atoms with E-state index in [4.69, 9.17) is 0 Å². The third-order valence-electron chi connectivity index (χ3n) is 5.57. The minimum atomic E-state index is -1.06. The molecule has 3 fully saturated rings. The summed E-state index contributed by atoms with van der Waals surface area (Å²) >= 11 is 1.54. The highest BCUT2D eigenvalue weighted by Gasteiger charge is 2.54. The molecule has 1 aromatic heterocycles. The molecule has 3 aliphatic heterocycles. The molecule has 1 aromatic carbocycles. The van der Waals surface area contributed by atoms with E-state index in [2.05, 4.69) is 10.2 Å². The summed E-state index contributed by atoms with van der Waals surface area (Å²) in [4.78, 5) is 15.9. The van der Waals surface area contributed by atoms with Gasteiger partial charge in [0.05, 0.1) is 0 Å². The van der Waals surface area contributed by atoms with Crippen molar-refractivity contribution in [2.75, 3.05) is 25.0 Å². The summed E-state index contributed by atoms with van der Waals surface area (Å²) in [6, 6.07) is 13.7. The van der Waals surface area contributed by atoms with Gasteiger partial charge >= 0.3 is 5.97 Å². The Morgan fingerprint density at radius 2 is 1.92 bits per heavy atom. The number of hydrogen-bond donors (Lipinski definition) is 2. The Hall–Kier alpha value is -1.85. The fraction of sp³-hybridized carbons (Fsp3) is 0.421. The van der Waals surface area contributed by atoms with E-state index in [1.165, 1.54) is 11.3 Å². The van der Waals surface area contributed by atoms with Gasteiger partial charge < -0.3 is 15.3 Å². The van der Waals surface area contributed by atoms with Crippen molar-refractivity contribution in [3.63, 3.8) is 0 Å². The summed E-state index contributed by atoms with van der Waals surface area (Å²) in [5, 5.41) is 15.8. The monoisotopic (exact) mass is 342 g/mol. The number of hydrogen-bond acceptors (Lipinski definition) is 4. The van der Waals surface area contributed by atoms with Gasteiger partial charge in [-0.3, -0.25) is 0 Å². The first kappa shape index (κ1) is 15.7. The molecule has 4 heterocycles. The number of rotatable bonds is 5. The molecule has 3 saturated heterocycles. The largest absolute Gasteiger partial charge is 0.479 e. The van der Waals surface area contributed by atoms with Gasteiger partial charge in [-0.05, 0) is 55.4 Å². The lowest BCUT2D eigenvalue weighted by Gasteiger charge is -2.51. The molecule has 1 unspecified atom stereocenters. The Bertz CT molecular complexity index is 695. The van der Waals surface area contributed by atoms with E-state index in [1.807, 2.05) is 47.8 Å². The highest BCUT2D eigenvalue weighted by atomic mass is 32.1. The highest BCUT2D eigenvalue weighted by Crippen LogP contribution is 2.46. The molecule has 0 amide bonds. The highest BCUT2D eigenvalue weighted by molar-refractivity contribution is 7.10. The van der Waals surface area contributed by atoms with Gasteiger partial charge in [0.25, 0.3) is 0 Å². The molecule has 2 bridgehead atoms. The van der Waals surface area contributed by atoms with Gasteiger partial charge in [0.1, 0.15) is 0 Å². The maximum absolute atomic E-state index is 12.6. The van der Waals surface area contributed by atoms with E-state index in [0.717, 1.165) is 43.0 Å². The van der Waals surface area contributed by atoms with Crippen LogP contribution < -0.4 is 5.32 Å². The van der Waals surface area contributed by atoms with Crippen LogP contribution in [0.1, 0.15) is 17.7 Å². The van der Waals surface area contributed by atoms with E-state index in [-0.39, 0.29) is 5.92 Å². The maximum atomic E-state index is 12.6. The number of benzene rings is 1. The predicted molar refractivity (Wildman–Crippen MR) is 96.4 cm³/mol. The first-order chi connectivity index (χ1) is 11.7. The number of para-hydroxylation sites is 1. The van der Waals surface area contributed by atoms with Crippen molar-refractivity contribution in [2.45, 2.75) is 18.4 Å². The van der Waals surface area contributed by atoms with Crippen LogP contribution in [0.15, 0.2) is 47.8 Å². The molecule has 0 radical (unpaired) electrons. The van der Waals surface area contributed by atoms with Gasteiger partial charge in [0.15, 0.2) is 5.54 Å². The van der Waals surface area contributed by atoms with E-state index in [0.29, 0.717) is 5.92 Å². The number of nitrogens with zero attached hydrogens (tertiary/aromatic N) is 1. The zero-order valence-corrected chi connectivity index (χ0v) is 14.3. The Morgan fingerprint density at radius 1 is 1.17 bits per heavy atom. The molecule has 4 nitrogen and oxygen atoms in total. The summed E-state index contributed by atoms with van der Waals surface area (Å²) < 4.78 is 0. The number of carbonyl (C=O) groups is 1. The van der Waals surface area contributed by atoms with Crippen LogP contribution in [0, 0.1) is 11.8 Å². The zero-order chi connectivity index (χ0) is 16.6. The number of nitrogens with one attached hydrogen (secondary N) is 1. The smallest absolute Gasteiger partial charge is 0.335 e. The molecular formula is C19H22N2O2S. The molecule has 0 aliphatic carbocycles. The minimum absolute atomic E-state index is 0.0800. The van der Waals surface area contributed by atoms with Crippen molar-refractivity contribution in [2.24, 2.45) is 11.8 Å². The van der Waals surface area contributed by atoms with Crippen LogP contribution in [0.3, 0.4) is 0 Å². The summed E-state index contributed by atoms with van der Waals surface area (Å²) in [5.41, 5.74) is -0.191. The molecule has 2 atom stereocenters. The number of anilines is 1. The molecular weight excluding hydrogens is 320 g/mol. The summed E-state index contributed by atoms with van der Waals surface area (Å²) in [7, 11) is 0.